The average Bonchev–Trinajstić information content (AvgIpc) is 3.20. The number of fused-ring (bicyclic) bond motifs is 2. The Morgan fingerprint density at radius 3 is 3.13 bits per heavy atom. The molecule has 1 saturated carbocycles. The van der Waals surface area contributed by atoms with Gasteiger partial charge in [0.2, 0.25) is 0 Å². The molecule has 4 rings (SSSR count). The van der Waals surface area contributed by atoms with Gasteiger partial charge in [0.25, 0.3) is 5.91 Å². The first-order valence-corrected chi connectivity index (χ1v) is 8.80. The molecule has 3 unspecified atom stereocenters. The van der Waals surface area contributed by atoms with Crippen LogP contribution in [0.4, 0.5) is 0 Å². The summed E-state index contributed by atoms with van der Waals surface area (Å²) in [6.07, 6.45) is 6.74. The molecule has 3 aliphatic rings. The fourth-order valence-electron chi connectivity index (χ4n) is 4.19. The van der Waals surface area contributed by atoms with Crippen LogP contribution in [0.1, 0.15) is 36.8 Å². The summed E-state index contributed by atoms with van der Waals surface area (Å²) in [4.78, 5) is 12.1. The van der Waals surface area contributed by atoms with E-state index < -0.39 is 0 Å². The topological polar surface area (TPSA) is 62.4 Å². The molecule has 1 aliphatic heterocycles. The molecule has 1 amide bonds. The fourth-order valence-corrected chi connectivity index (χ4v) is 4.19. The monoisotopic (exact) mass is 315 g/mol. The normalized spacial score (nSPS) is 29.0. The number of hydrogen-bond acceptors (Lipinski definition) is 4. The first kappa shape index (κ1) is 15.0. The molecule has 2 aliphatic carbocycles. The zero-order chi connectivity index (χ0) is 15.6. The molecule has 0 bridgehead atoms. The van der Waals surface area contributed by atoms with E-state index in [-0.39, 0.29) is 18.6 Å². The van der Waals surface area contributed by atoms with E-state index >= 15 is 0 Å². The van der Waals surface area contributed by atoms with Gasteiger partial charge < -0.3 is 10.1 Å². The minimum Gasteiger partial charge on any atom is -0.484 e. The Labute approximate surface area is 137 Å². The lowest BCUT2D eigenvalue weighted by Gasteiger charge is -2.31. The average molecular weight is 315 g/mol. The number of nitrogens with one attached hydrogen (secondary N) is 3. The van der Waals surface area contributed by atoms with Crippen LogP contribution in [-0.2, 0) is 17.6 Å². The molecule has 0 aromatic heterocycles. The standard InChI is InChI=1S/C18H25N3O2/c22-18(20-15-5-7-17-14(8-15)10-19-21-17)11-23-16-6-4-12-2-1-3-13(12)9-16/h4,6,9,14-15,17,19,21H,1-3,5,7-8,10-11H2,(H,20,22). The molecular weight excluding hydrogens is 290 g/mol. The largest absolute Gasteiger partial charge is 0.484 e. The number of carbonyl (C=O) groups excluding carboxylic acids is 1. The maximum atomic E-state index is 12.1. The van der Waals surface area contributed by atoms with Crippen molar-refractivity contribution in [2.45, 2.75) is 50.6 Å². The predicted molar refractivity (Wildman–Crippen MR) is 88.2 cm³/mol. The van der Waals surface area contributed by atoms with Crippen molar-refractivity contribution in [3.63, 3.8) is 0 Å². The van der Waals surface area contributed by atoms with E-state index in [1.807, 2.05) is 6.07 Å². The Kier molecular flexibility index (Phi) is 4.23. The van der Waals surface area contributed by atoms with E-state index in [1.165, 1.54) is 24.0 Å². The molecule has 2 fully saturated rings. The highest BCUT2D eigenvalue weighted by Gasteiger charge is 2.34. The van der Waals surface area contributed by atoms with Crippen molar-refractivity contribution in [1.29, 1.82) is 0 Å². The molecule has 1 aromatic rings. The third kappa shape index (κ3) is 3.35. The van der Waals surface area contributed by atoms with Gasteiger partial charge in [-0.1, -0.05) is 6.07 Å². The minimum absolute atomic E-state index is 0.00661. The molecule has 0 spiro atoms. The SMILES string of the molecule is O=C(COc1ccc2c(c1)CCC2)NC1CCC2NNCC2C1. The van der Waals surface area contributed by atoms with Crippen molar-refractivity contribution in [1.82, 2.24) is 16.2 Å². The van der Waals surface area contributed by atoms with Crippen molar-refractivity contribution in [3.8, 4) is 5.75 Å². The van der Waals surface area contributed by atoms with E-state index in [2.05, 4.69) is 28.3 Å². The van der Waals surface area contributed by atoms with E-state index in [1.54, 1.807) is 0 Å². The molecule has 124 valence electrons. The summed E-state index contributed by atoms with van der Waals surface area (Å²) >= 11 is 0. The van der Waals surface area contributed by atoms with Crippen molar-refractivity contribution in [2.24, 2.45) is 5.92 Å². The Morgan fingerprint density at radius 2 is 2.17 bits per heavy atom. The van der Waals surface area contributed by atoms with Gasteiger partial charge in [0.1, 0.15) is 5.75 Å². The van der Waals surface area contributed by atoms with Gasteiger partial charge in [-0.05, 0) is 67.7 Å². The zero-order valence-corrected chi connectivity index (χ0v) is 13.4. The molecule has 1 aromatic carbocycles. The second-order valence-corrected chi connectivity index (χ2v) is 7.04. The van der Waals surface area contributed by atoms with Crippen LogP contribution in [0.3, 0.4) is 0 Å². The molecule has 1 saturated heterocycles. The molecule has 3 atom stereocenters. The highest BCUT2D eigenvalue weighted by molar-refractivity contribution is 5.77. The summed E-state index contributed by atoms with van der Waals surface area (Å²) in [5.74, 6) is 1.44. The lowest BCUT2D eigenvalue weighted by Crippen LogP contribution is -2.45. The highest BCUT2D eigenvalue weighted by Crippen LogP contribution is 2.27. The second-order valence-electron chi connectivity index (χ2n) is 7.04. The third-order valence-electron chi connectivity index (χ3n) is 5.44. The second kappa shape index (κ2) is 6.49. The van der Waals surface area contributed by atoms with Gasteiger partial charge >= 0.3 is 0 Å². The molecule has 23 heavy (non-hydrogen) atoms. The number of hydrazine groups is 1. The zero-order valence-electron chi connectivity index (χ0n) is 13.4. The number of ether oxygens (including phenoxy) is 1. The van der Waals surface area contributed by atoms with Crippen LogP contribution in [0.25, 0.3) is 0 Å². The van der Waals surface area contributed by atoms with Crippen LogP contribution in [0.5, 0.6) is 5.75 Å². The van der Waals surface area contributed by atoms with Gasteiger partial charge in [-0.25, -0.2) is 0 Å². The maximum Gasteiger partial charge on any atom is 0.258 e. The van der Waals surface area contributed by atoms with Crippen molar-refractivity contribution < 1.29 is 9.53 Å². The van der Waals surface area contributed by atoms with Crippen molar-refractivity contribution >= 4 is 5.91 Å². The lowest BCUT2D eigenvalue weighted by molar-refractivity contribution is -0.124. The summed E-state index contributed by atoms with van der Waals surface area (Å²) in [6, 6.07) is 7.08. The van der Waals surface area contributed by atoms with E-state index in [9.17, 15) is 4.79 Å². The third-order valence-corrected chi connectivity index (χ3v) is 5.44. The summed E-state index contributed by atoms with van der Waals surface area (Å²) < 4.78 is 5.68. The summed E-state index contributed by atoms with van der Waals surface area (Å²) in [5.41, 5.74) is 9.34. The molecule has 5 heteroatoms. The number of amides is 1. The van der Waals surface area contributed by atoms with Gasteiger partial charge in [-0.2, -0.15) is 0 Å². The van der Waals surface area contributed by atoms with E-state index in [4.69, 9.17) is 4.74 Å². The van der Waals surface area contributed by atoms with Crippen LogP contribution in [0.2, 0.25) is 0 Å². The predicted octanol–water partition coefficient (Wildman–Crippen LogP) is 1.32. The summed E-state index contributed by atoms with van der Waals surface area (Å²) in [5, 5.41) is 3.13. The Balaban J connectivity index is 1.25. The van der Waals surface area contributed by atoms with Crippen LogP contribution in [0, 0.1) is 5.92 Å². The van der Waals surface area contributed by atoms with Crippen molar-refractivity contribution in [2.75, 3.05) is 13.2 Å². The van der Waals surface area contributed by atoms with Gasteiger partial charge in [-0.15, -0.1) is 0 Å². The van der Waals surface area contributed by atoms with Crippen LogP contribution in [-0.4, -0.2) is 31.1 Å². The van der Waals surface area contributed by atoms with Gasteiger partial charge in [0.15, 0.2) is 6.61 Å². The maximum absolute atomic E-state index is 12.1. The molecule has 1 heterocycles. The quantitative estimate of drug-likeness (QED) is 0.784. The van der Waals surface area contributed by atoms with Crippen LogP contribution in [0.15, 0.2) is 18.2 Å². The van der Waals surface area contributed by atoms with Gasteiger partial charge in [-0.3, -0.25) is 15.6 Å². The molecule has 3 N–H and O–H groups in total. The number of benzene rings is 1. The minimum atomic E-state index is -0.00661. The molecule has 5 nitrogen and oxygen atoms in total. The highest BCUT2D eigenvalue weighted by atomic mass is 16.5. The van der Waals surface area contributed by atoms with Gasteiger partial charge in [0, 0.05) is 18.6 Å². The number of rotatable bonds is 4. The van der Waals surface area contributed by atoms with Crippen LogP contribution < -0.4 is 20.9 Å². The Bertz CT molecular complexity index is 590. The smallest absolute Gasteiger partial charge is 0.258 e. The lowest BCUT2D eigenvalue weighted by atomic mass is 9.83. The first-order valence-electron chi connectivity index (χ1n) is 8.80. The summed E-state index contributed by atoms with van der Waals surface area (Å²) in [7, 11) is 0. The fraction of sp³-hybridized carbons (Fsp3) is 0.611. The number of carbonyl (C=O) groups is 1. The van der Waals surface area contributed by atoms with E-state index in [0.29, 0.717) is 12.0 Å². The first-order chi connectivity index (χ1) is 11.3. The molecule has 0 radical (unpaired) electrons. The Morgan fingerprint density at radius 1 is 1.26 bits per heavy atom. The number of hydrogen-bond donors (Lipinski definition) is 3. The van der Waals surface area contributed by atoms with Crippen LogP contribution >= 0.6 is 0 Å². The van der Waals surface area contributed by atoms with Crippen molar-refractivity contribution in [3.05, 3.63) is 29.3 Å². The summed E-state index contributed by atoms with van der Waals surface area (Å²) in [6.45, 7) is 1.11. The number of aryl methyl sites for hydroxylation is 2. The molecular formula is C18H25N3O2. The van der Waals surface area contributed by atoms with Gasteiger partial charge in [0.05, 0.1) is 0 Å². The Hall–Kier alpha value is -1.59. The van der Waals surface area contributed by atoms with E-state index in [0.717, 1.165) is 38.0 Å².